The maximum absolute atomic E-state index is 4.74. The molecule has 2 saturated heterocycles. The normalized spacial score (nSPS) is 17.1. The van der Waals surface area contributed by atoms with Gasteiger partial charge in [0.15, 0.2) is 11.6 Å². The number of aryl methyl sites for hydroxylation is 2. The van der Waals surface area contributed by atoms with Crippen molar-refractivity contribution in [2.75, 3.05) is 72.0 Å². The predicted octanol–water partition coefficient (Wildman–Crippen LogP) is 2.54. The van der Waals surface area contributed by atoms with Crippen LogP contribution < -0.4 is 19.6 Å². The van der Waals surface area contributed by atoms with Gasteiger partial charge in [-0.2, -0.15) is 0 Å². The summed E-state index contributed by atoms with van der Waals surface area (Å²) in [7, 11) is 0. The molecule has 0 bridgehead atoms. The second kappa shape index (κ2) is 8.98. The molecule has 3 aromatic heterocycles. The third kappa shape index (κ3) is 4.30. The highest BCUT2D eigenvalue weighted by atomic mass is 15.4. The number of aromatic nitrogens is 4. The molecule has 0 radical (unpaired) electrons. The Labute approximate surface area is 189 Å². The van der Waals surface area contributed by atoms with Crippen molar-refractivity contribution in [3.63, 3.8) is 0 Å². The van der Waals surface area contributed by atoms with Gasteiger partial charge in [0.05, 0.1) is 0 Å². The Bertz CT molecular complexity index is 971. The Morgan fingerprint density at radius 2 is 0.875 bits per heavy atom. The number of pyridine rings is 2. The number of piperazine rings is 2. The fourth-order valence-corrected chi connectivity index (χ4v) is 4.45. The van der Waals surface area contributed by atoms with E-state index in [1.54, 1.807) is 12.4 Å². The molecule has 2 aliphatic rings. The summed E-state index contributed by atoms with van der Waals surface area (Å²) < 4.78 is 0. The second-order valence-electron chi connectivity index (χ2n) is 8.53. The van der Waals surface area contributed by atoms with Gasteiger partial charge >= 0.3 is 0 Å². The molecular weight excluding hydrogens is 400 g/mol. The summed E-state index contributed by atoms with van der Waals surface area (Å²) >= 11 is 0. The maximum atomic E-state index is 4.74. The minimum absolute atomic E-state index is 0.911. The van der Waals surface area contributed by atoms with Crippen LogP contribution >= 0.6 is 0 Å². The highest BCUT2D eigenvalue weighted by molar-refractivity contribution is 5.64. The Morgan fingerprint density at radius 1 is 0.500 bits per heavy atom. The van der Waals surface area contributed by atoms with E-state index >= 15 is 0 Å². The summed E-state index contributed by atoms with van der Waals surface area (Å²) in [5.74, 6) is 4.10. The third-order valence-electron chi connectivity index (χ3n) is 6.27. The van der Waals surface area contributed by atoms with Gasteiger partial charge in [0.25, 0.3) is 0 Å². The van der Waals surface area contributed by atoms with Crippen molar-refractivity contribution >= 4 is 23.3 Å². The highest BCUT2D eigenvalue weighted by Gasteiger charge is 2.26. The van der Waals surface area contributed by atoms with Gasteiger partial charge < -0.3 is 19.6 Å². The third-order valence-corrected chi connectivity index (χ3v) is 6.27. The summed E-state index contributed by atoms with van der Waals surface area (Å²) in [6.45, 7) is 11.6. The molecule has 0 saturated carbocycles. The van der Waals surface area contributed by atoms with Crippen molar-refractivity contribution in [2.24, 2.45) is 0 Å². The Kier molecular flexibility index (Phi) is 5.75. The lowest BCUT2D eigenvalue weighted by Crippen LogP contribution is -2.49. The number of hydrogen-bond donors (Lipinski definition) is 0. The van der Waals surface area contributed by atoms with Gasteiger partial charge in [-0.3, -0.25) is 0 Å². The van der Waals surface area contributed by atoms with Gasteiger partial charge in [-0.25, -0.2) is 19.9 Å². The predicted molar refractivity (Wildman–Crippen MR) is 129 cm³/mol. The average Bonchev–Trinajstić information content (AvgIpc) is 2.84. The number of nitrogens with zero attached hydrogens (tertiary/aromatic N) is 8. The molecule has 0 aromatic carbocycles. The molecule has 0 N–H and O–H groups in total. The number of anilines is 4. The monoisotopic (exact) mass is 430 g/mol. The lowest BCUT2D eigenvalue weighted by molar-refractivity contribution is 0.622. The molecule has 0 atom stereocenters. The van der Waals surface area contributed by atoms with Gasteiger partial charge in [-0.1, -0.05) is 0 Å². The van der Waals surface area contributed by atoms with E-state index in [2.05, 4.69) is 55.5 Å². The molecule has 0 amide bonds. The molecule has 166 valence electrons. The van der Waals surface area contributed by atoms with Crippen LogP contribution in [0.2, 0.25) is 0 Å². The Hall–Kier alpha value is -3.42. The van der Waals surface area contributed by atoms with E-state index in [1.807, 2.05) is 24.5 Å². The van der Waals surface area contributed by atoms with E-state index in [-0.39, 0.29) is 0 Å². The van der Waals surface area contributed by atoms with E-state index in [1.165, 1.54) is 11.1 Å². The summed E-state index contributed by atoms with van der Waals surface area (Å²) in [5, 5.41) is 0. The van der Waals surface area contributed by atoms with Crippen LogP contribution in [0.4, 0.5) is 23.3 Å². The van der Waals surface area contributed by atoms with Crippen LogP contribution in [0, 0.1) is 13.8 Å². The first-order valence-corrected chi connectivity index (χ1v) is 11.3. The number of hydrogen-bond acceptors (Lipinski definition) is 8. The van der Waals surface area contributed by atoms with Gasteiger partial charge in [0.2, 0.25) is 0 Å². The summed E-state index contributed by atoms with van der Waals surface area (Å²) in [4.78, 5) is 28.0. The topological polar surface area (TPSA) is 64.5 Å². The summed E-state index contributed by atoms with van der Waals surface area (Å²) in [6.07, 6.45) is 7.40. The van der Waals surface area contributed by atoms with Crippen LogP contribution in [0.15, 0.2) is 49.1 Å². The van der Waals surface area contributed by atoms with E-state index in [4.69, 9.17) is 9.97 Å². The summed E-state index contributed by atoms with van der Waals surface area (Å²) in [6, 6.07) is 8.40. The first-order valence-electron chi connectivity index (χ1n) is 11.3. The van der Waals surface area contributed by atoms with Crippen molar-refractivity contribution in [2.45, 2.75) is 13.8 Å². The van der Waals surface area contributed by atoms with Gasteiger partial charge in [0.1, 0.15) is 11.6 Å². The standard InChI is InChI=1S/C24H30N8/c1-19-3-5-25-21(17-19)29-9-13-31(14-10-29)23-24(28-8-7-27-23)32-15-11-30(12-16-32)22-18-20(2)4-6-26-22/h3-8,17-18H,9-16H2,1-2H3. The SMILES string of the molecule is Cc1ccnc(N2CCN(c3nccnc3N3CCN(c4cc(C)ccn4)CC3)CC2)c1. The Balaban J connectivity index is 1.25. The van der Waals surface area contributed by atoms with Crippen LogP contribution in [0.1, 0.15) is 11.1 Å². The zero-order valence-electron chi connectivity index (χ0n) is 18.9. The summed E-state index contributed by atoms with van der Waals surface area (Å²) in [5.41, 5.74) is 2.49. The van der Waals surface area contributed by atoms with E-state index in [0.29, 0.717) is 0 Å². The number of rotatable bonds is 4. The van der Waals surface area contributed by atoms with Crippen LogP contribution in [0.5, 0.6) is 0 Å². The largest absolute Gasteiger partial charge is 0.353 e. The van der Waals surface area contributed by atoms with Crippen molar-refractivity contribution < 1.29 is 0 Å². The maximum Gasteiger partial charge on any atom is 0.172 e. The quantitative estimate of drug-likeness (QED) is 0.626. The fourth-order valence-electron chi connectivity index (χ4n) is 4.45. The minimum atomic E-state index is 0.911. The molecule has 0 unspecified atom stereocenters. The molecule has 5 heterocycles. The molecule has 3 aromatic rings. The van der Waals surface area contributed by atoms with Crippen LogP contribution in [-0.2, 0) is 0 Å². The van der Waals surface area contributed by atoms with E-state index in [9.17, 15) is 0 Å². The van der Waals surface area contributed by atoms with Crippen LogP contribution in [-0.4, -0.2) is 72.3 Å². The zero-order chi connectivity index (χ0) is 21.9. The average molecular weight is 431 g/mol. The minimum Gasteiger partial charge on any atom is -0.353 e. The molecule has 8 heteroatoms. The van der Waals surface area contributed by atoms with Crippen molar-refractivity contribution in [3.05, 3.63) is 60.2 Å². The molecule has 2 aliphatic heterocycles. The molecular formula is C24H30N8. The molecule has 5 rings (SSSR count). The van der Waals surface area contributed by atoms with Crippen molar-refractivity contribution in [3.8, 4) is 0 Å². The molecule has 0 aliphatic carbocycles. The van der Waals surface area contributed by atoms with Gasteiger partial charge in [-0.15, -0.1) is 0 Å². The Morgan fingerprint density at radius 3 is 1.25 bits per heavy atom. The van der Waals surface area contributed by atoms with Gasteiger partial charge in [0, 0.05) is 77.1 Å². The first kappa shape index (κ1) is 20.5. The smallest absolute Gasteiger partial charge is 0.172 e. The van der Waals surface area contributed by atoms with E-state index < -0.39 is 0 Å². The lowest BCUT2D eigenvalue weighted by Gasteiger charge is -2.40. The second-order valence-corrected chi connectivity index (χ2v) is 8.53. The molecule has 32 heavy (non-hydrogen) atoms. The van der Waals surface area contributed by atoms with Gasteiger partial charge in [-0.05, 0) is 49.2 Å². The van der Waals surface area contributed by atoms with Crippen LogP contribution in [0.3, 0.4) is 0 Å². The first-order chi connectivity index (χ1) is 15.7. The zero-order valence-corrected chi connectivity index (χ0v) is 18.9. The molecule has 8 nitrogen and oxygen atoms in total. The van der Waals surface area contributed by atoms with Crippen molar-refractivity contribution in [1.29, 1.82) is 0 Å². The molecule has 0 spiro atoms. The van der Waals surface area contributed by atoms with Crippen molar-refractivity contribution in [1.82, 2.24) is 19.9 Å². The highest BCUT2D eigenvalue weighted by Crippen LogP contribution is 2.28. The fraction of sp³-hybridized carbons (Fsp3) is 0.417. The molecule has 2 fully saturated rings. The van der Waals surface area contributed by atoms with E-state index in [0.717, 1.165) is 75.6 Å². The van der Waals surface area contributed by atoms with Crippen LogP contribution in [0.25, 0.3) is 0 Å². The lowest BCUT2D eigenvalue weighted by atomic mass is 10.2.